The maximum Gasteiger partial charge on any atom is 0.340 e. The number of likely N-dealkylation sites (tertiary alicyclic amines) is 1. The Bertz CT molecular complexity index is 1020. The SMILES string of the molecule is CCOC(=O)c1cnc2ccc(OC)nc2c1-c1cnn(C2CCN(C)CC2)c1. The Morgan fingerprint density at radius 3 is 2.76 bits per heavy atom. The first kappa shape index (κ1) is 19.3. The van der Waals surface area contributed by atoms with Gasteiger partial charge >= 0.3 is 5.97 Å². The summed E-state index contributed by atoms with van der Waals surface area (Å²) >= 11 is 0. The van der Waals surface area contributed by atoms with Crippen LogP contribution in [-0.2, 0) is 4.74 Å². The fourth-order valence-electron chi connectivity index (χ4n) is 3.74. The molecule has 0 amide bonds. The number of carbonyl (C=O) groups excluding carboxylic acids is 1. The van der Waals surface area contributed by atoms with Crippen molar-refractivity contribution in [3.63, 3.8) is 0 Å². The minimum atomic E-state index is -0.423. The molecule has 4 heterocycles. The van der Waals surface area contributed by atoms with Crippen LogP contribution in [0.1, 0.15) is 36.2 Å². The molecule has 0 aliphatic carbocycles. The number of carbonyl (C=O) groups is 1. The minimum Gasteiger partial charge on any atom is -0.481 e. The summed E-state index contributed by atoms with van der Waals surface area (Å²) in [7, 11) is 3.70. The molecule has 0 saturated carbocycles. The number of rotatable bonds is 5. The minimum absolute atomic E-state index is 0.288. The standard InChI is InChI=1S/C21H25N5O3/c1-4-29-21(27)16-12-22-17-5-6-18(28-3)24-20(17)19(16)14-11-23-26(13-14)15-7-9-25(2)10-8-15/h5-6,11-13,15H,4,7-10H2,1-3H3. The number of hydrogen-bond acceptors (Lipinski definition) is 7. The summed E-state index contributed by atoms with van der Waals surface area (Å²) in [5, 5.41) is 4.60. The summed E-state index contributed by atoms with van der Waals surface area (Å²) in [6, 6.07) is 3.94. The summed E-state index contributed by atoms with van der Waals surface area (Å²) in [5.74, 6) is 0.0397. The second-order valence-corrected chi connectivity index (χ2v) is 7.23. The van der Waals surface area contributed by atoms with Crippen molar-refractivity contribution in [1.29, 1.82) is 0 Å². The van der Waals surface area contributed by atoms with Crippen LogP contribution in [0.25, 0.3) is 22.2 Å². The van der Waals surface area contributed by atoms with Crippen LogP contribution in [-0.4, -0.2) is 64.5 Å². The van der Waals surface area contributed by atoms with Crippen LogP contribution in [0, 0.1) is 0 Å². The van der Waals surface area contributed by atoms with Crippen molar-refractivity contribution in [3.05, 3.63) is 36.3 Å². The van der Waals surface area contributed by atoms with Gasteiger partial charge in [0.1, 0.15) is 5.52 Å². The topological polar surface area (TPSA) is 82.4 Å². The highest BCUT2D eigenvalue weighted by Crippen LogP contribution is 2.33. The smallest absolute Gasteiger partial charge is 0.340 e. The van der Waals surface area contributed by atoms with E-state index in [0.29, 0.717) is 34.1 Å². The molecular weight excluding hydrogens is 370 g/mol. The quantitative estimate of drug-likeness (QED) is 0.614. The summed E-state index contributed by atoms with van der Waals surface area (Å²) in [5.41, 5.74) is 3.15. The molecule has 152 valence electrons. The van der Waals surface area contributed by atoms with Gasteiger partial charge in [0.05, 0.1) is 37.0 Å². The zero-order valence-corrected chi connectivity index (χ0v) is 17.0. The Morgan fingerprint density at radius 2 is 2.03 bits per heavy atom. The molecule has 0 atom stereocenters. The van der Waals surface area contributed by atoms with E-state index < -0.39 is 5.97 Å². The van der Waals surface area contributed by atoms with Crippen molar-refractivity contribution >= 4 is 17.0 Å². The van der Waals surface area contributed by atoms with Crippen LogP contribution in [0.3, 0.4) is 0 Å². The zero-order chi connectivity index (χ0) is 20.4. The van der Waals surface area contributed by atoms with Gasteiger partial charge in [-0.15, -0.1) is 0 Å². The van der Waals surface area contributed by atoms with E-state index >= 15 is 0 Å². The van der Waals surface area contributed by atoms with E-state index in [4.69, 9.17) is 9.47 Å². The predicted molar refractivity (Wildman–Crippen MR) is 109 cm³/mol. The number of hydrogen-bond donors (Lipinski definition) is 0. The Balaban J connectivity index is 1.82. The average molecular weight is 395 g/mol. The third-order valence-corrected chi connectivity index (χ3v) is 5.34. The average Bonchev–Trinajstić information content (AvgIpc) is 3.23. The summed E-state index contributed by atoms with van der Waals surface area (Å²) in [4.78, 5) is 23.9. The second-order valence-electron chi connectivity index (χ2n) is 7.23. The van der Waals surface area contributed by atoms with Crippen LogP contribution in [0.4, 0.5) is 0 Å². The predicted octanol–water partition coefficient (Wildman–Crippen LogP) is 2.95. The molecule has 3 aromatic rings. The number of aromatic nitrogens is 4. The van der Waals surface area contributed by atoms with Gasteiger partial charge in [0, 0.05) is 29.6 Å². The highest BCUT2D eigenvalue weighted by molar-refractivity contribution is 6.05. The molecule has 8 nitrogen and oxygen atoms in total. The lowest BCUT2D eigenvalue weighted by Crippen LogP contribution is -2.31. The molecule has 3 aromatic heterocycles. The van der Waals surface area contributed by atoms with Crippen molar-refractivity contribution in [2.24, 2.45) is 0 Å². The van der Waals surface area contributed by atoms with Gasteiger partial charge in [-0.1, -0.05) is 0 Å². The first-order chi connectivity index (χ1) is 14.1. The molecule has 1 saturated heterocycles. The van der Waals surface area contributed by atoms with E-state index in [2.05, 4.69) is 27.0 Å². The number of esters is 1. The lowest BCUT2D eigenvalue weighted by molar-refractivity contribution is 0.0527. The molecule has 1 aliphatic heterocycles. The fraction of sp³-hybridized carbons (Fsp3) is 0.429. The van der Waals surface area contributed by atoms with Gasteiger partial charge in [0.25, 0.3) is 0 Å². The molecule has 0 bridgehead atoms. The van der Waals surface area contributed by atoms with Crippen LogP contribution >= 0.6 is 0 Å². The zero-order valence-electron chi connectivity index (χ0n) is 17.0. The van der Waals surface area contributed by atoms with Crippen molar-refractivity contribution in [2.45, 2.75) is 25.8 Å². The number of methoxy groups -OCH3 is 1. The van der Waals surface area contributed by atoms with Gasteiger partial charge in [-0.2, -0.15) is 5.10 Å². The molecule has 0 radical (unpaired) electrons. The maximum absolute atomic E-state index is 12.6. The highest BCUT2D eigenvalue weighted by atomic mass is 16.5. The lowest BCUT2D eigenvalue weighted by atomic mass is 10.0. The van der Waals surface area contributed by atoms with Gasteiger partial charge < -0.3 is 14.4 Å². The molecule has 8 heteroatoms. The molecule has 29 heavy (non-hydrogen) atoms. The molecular formula is C21H25N5O3. The number of fused-ring (bicyclic) bond motifs is 1. The maximum atomic E-state index is 12.6. The van der Waals surface area contributed by atoms with Crippen LogP contribution < -0.4 is 4.74 Å². The summed E-state index contributed by atoms with van der Waals surface area (Å²) in [6.45, 7) is 4.16. The van der Waals surface area contributed by atoms with Crippen LogP contribution in [0.5, 0.6) is 5.88 Å². The van der Waals surface area contributed by atoms with E-state index in [1.54, 1.807) is 32.5 Å². The first-order valence-electron chi connectivity index (χ1n) is 9.84. The Kier molecular flexibility index (Phi) is 5.44. The van der Waals surface area contributed by atoms with Gasteiger partial charge in [-0.3, -0.25) is 9.67 Å². The Labute approximate surface area is 169 Å². The molecule has 1 aliphatic rings. The largest absolute Gasteiger partial charge is 0.481 e. The molecule has 0 N–H and O–H groups in total. The van der Waals surface area contributed by atoms with E-state index in [9.17, 15) is 4.79 Å². The molecule has 0 spiro atoms. The van der Waals surface area contributed by atoms with Gasteiger partial charge in [-0.05, 0) is 46.0 Å². The second kappa shape index (κ2) is 8.16. The van der Waals surface area contributed by atoms with E-state index in [-0.39, 0.29) is 6.61 Å². The van der Waals surface area contributed by atoms with Crippen LogP contribution in [0.2, 0.25) is 0 Å². The monoisotopic (exact) mass is 395 g/mol. The number of ether oxygens (including phenoxy) is 2. The van der Waals surface area contributed by atoms with Gasteiger partial charge in [-0.25, -0.2) is 9.78 Å². The first-order valence-corrected chi connectivity index (χ1v) is 9.84. The number of nitrogens with zero attached hydrogens (tertiary/aromatic N) is 5. The van der Waals surface area contributed by atoms with Crippen molar-refractivity contribution < 1.29 is 14.3 Å². The van der Waals surface area contributed by atoms with Crippen molar-refractivity contribution in [2.75, 3.05) is 33.9 Å². The van der Waals surface area contributed by atoms with E-state index in [1.165, 1.54) is 0 Å². The van der Waals surface area contributed by atoms with E-state index in [1.807, 2.05) is 16.9 Å². The number of piperidine rings is 1. The number of pyridine rings is 2. The highest BCUT2D eigenvalue weighted by Gasteiger charge is 2.23. The third kappa shape index (κ3) is 3.80. The van der Waals surface area contributed by atoms with E-state index in [0.717, 1.165) is 31.5 Å². The van der Waals surface area contributed by atoms with Crippen molar-refractivity contribution in [3.8, 4) is 17.0 Å². The Morgan fingerprint density at radius 1 is 1.24 bits per heavy atom. The normalized spacial score (nSPS) is 15.6. The summed E-state index contributed by atoms with van der Waals surface area (Å²) in [6.07, 6.45) is 7.43. The molecule has 1 fully saturated rings. The molecule has 0 aromatic carbocycles. The fourth-order valence-corrected chi connectivity index (χ4v) is 3.74. The van der Waals surface area contributed by atoms with Gasteiger partial charge in [0.2, 0.25) is 5.88 Å². The summed E-state index contributed by atoms with van der Waals surface area (Å²) < 4.78 is 12.6. The Hall–Kier alpha value is -3.00. The van der Waals surface area contributed by atoms with Gasteiger partial charge in [0.15, 0.2) is 0 Å². The third-order valence-electron chi connectivity index (χ3n) is 5.34. The van der Waals surface area contributed by atoms with Crippen LogP contribution in [0.15, 0.2) is 30.7 Å². The molecule has 4 rings (SSSR count). The lowest BCUT2D eigenvalue weighted by Gasteiger charge is -2.28. The molecule has 0 unspecified atom stereocenters. The van der Waals surface area contributed by atoms with Crippen molar-refractivity contribution in [1.82, 2.24) is 24.6 Å².